The minimum atomic E-state index is -0.477. The smallest absolute Gasteiger partial charge is 0.272 e. The van der Waals surface area contributed by atoms with Crippen molar-refractivity contribution in [1.82, 2.24) is 5.32 Å². The Bertz CT molecular complexity index is 941. The van der Waals surface area contributed by atoms with E-state index in [-0.39, 0.29) is 18.0 Å². The van der Waals surface area contributed by atoms with Crippen LogP contribution in [0.1, 0.15) is 11.1 Å². The van der Waals surface area contributed by atoms with Crippen LogP contribution < -0.4 is 10.2 Å². The van der Waals surface area contributed by atoms with E-state index in [1.807, 2.05) is 43.3 Å². The quantitative estimate of drug-likeness (QED) is 0.459. The number of nitrogens with zero attached hydrogens (tertiary/aromatic N) is 4. The lowest BCUT2D eigenvalue weighted by Crippen LogP contribution is -2.26. The molecule has 9 heteroatoms. The number of amides is 1. The van der Waals surface area contributed by atoms with Gasteiger partial charge < -0.3 is 10.2 Å². The van der Waals surface area contributed by atoms with E-state index in [2.05, 4.69) is 15.5 Å². The maximum absolute atomic E-state index is 12.2. The molecule has 3 rings (SSSR count). The van der Waals surface area contributed by atoms with E-state index in [4.69, 9.17) is 0 Å². The summed E-state index contributed by atoms with van der Waals surface area (Å²) < 4.78 is 0. The summed E-state index contributed by atoms with van der Waals surface area (Å²) in [5.41, 5.74) is 2.51. The van der Waals surface area contributed by atoms with Crippen LogP contribution in [0.5, 0.6) is 0 Å². The minimum Gasteiger partial charge on any atom is -0.378 e. The average Bonchev–Trinajstić information content (AvgIpc) is 3.01. The number of para-hydroxylation sites is 1. The van der Waals surface area contributed by atoms with Crippen LogP contribution in [0.15, 0.2) is 58.7 Å². The number of amidine groups is 1. The third kappa shape index (κ3) is 4.74. The van der Waals surface area contributed by atoms with Crippen molar-refractivity contribution in [3.63, 3.8) is 0 Å². The summed E-state index contributed by atoms with van der Waals surface area (Å²) in [7, 11) is 3.94. The predicted molar refractivity (Wildman–Crippen MR) is 112 cm³/mol. The molecule has 1 heterocycles. The molecule has 2 aromatic carbocycles. The normalized spacial score (nSPS) is 17.9. The van der Waals surface area contributed by atoms with Gasteiger partial charge in [0.1, 0.15) is 0 Å². The van der Waals surface area contributed by atoms with Crippen LogP contribution in [0, 0.1) is 10.1 Å². The van der Waals surface area contributed by atoms with Crippen LogP contribution in [0.25, 0.3) is 0 Å². The number of benzene rings is 2. The number of anilines is 1. The van der Waals surface area contributed by atoms with Crippen LogP contribution in [-0.2, 0) is 11.2 Å². The lowest BCUT2D eigenvalue weighted by Gasteiger charge is -2.11. The zero-order valence-electron chi connectivity index (χ0n) is 15.4. The van der Waals surface area contributed by atoms with Gasteiger partial charge in [-0.2, -0.15) is 5.10 Å². The molecule has 144 valence electrons. The van der Waals surface area contributed by atoms with Crippen molar-refractivity contribution in [2.45, 2.75) is 11.7 Å². The summed E-state index contributed by atoms with van der Waals surface area (Å²) >= 11 is 1.22. The highest BCUT2D eigenvalue weighted by molar-refractivity contribution is 8.15. The predicted octanol–water partition coefficient (Wildman–Crippen LogP) is 2.83. The van der Waals surface area contributed by atoms with Crippen LogP contribution in [0.3, 0.4) is 0 Å². The number of carbonyl (C=O) groups is 1. The number of nitro groups is 1. The van der Waals surface area contributed by atoms with Crippen molar-refractivity contribution in [2.75, 3.05) is 19.0 Å². The van der Waals surface area contributed by atoms with Crippen molar-refractivity contribution in [2.24, 2.45) is 10.2 Å². The first-order chi connectivity index (χ1) is 13.4. The minimum absolute atomic E-state index is 0.0143. The standard InChI is InChI=1S/C19H19N5O3S/c1-23(2)15-9-7-13(8-10-15)12-20-22-19-21-18(25)17(28-19)11-14-5-3-4-6-16(14)24(26)27/h3-10,12,17H,11H2,1-2H3,(H,21,22,25)/b20-12-/t17-/m1/s1. The summed E-state index contributed by atoms with van der Waals surface area (Å²) in [6.45, 7) is 0. The van der Waals surface area contributed by atoms with Gasteiger partial charge in [0.15, 0.2) is 5.17 Å². The molecule has 0 radical (unpaired) electrons. The molecular formula is C19H19N5O3S. The van der Waals surface area contributed by atoms with Crippen molar-refractivity contribution in [1.29, 1.82) is 0 Å². The zero-order chi connectivity index (χ0) is 20.1. The molecule has 2 aromatic rings. The molecule has 1 N–H and O–H groups in total. The molecule has 0 saturated carbocycles. The fourth-order valence-electron chi connectivity index (χ4n) is 2.65. The van der Waals surface area contributed by atoms with Crippen molar-refractivity contribution < 1.29 is 9.72 Å². The Labute approximate surface area is 166 Å². The second-order valence-corrected chi connectivity index (χ2v) is 7.51. The van der Waals surface area contributed by atoms with Gasteiger partial charge >= 0.3 is 0 Å². The van der Waals surface area contributed by atoms with Gasteiger partial charge in [-0.05, 0) is 17.7 Å². The van der Waals surface area contributed by atoms with Gasteiger partial charge in [0.05, 0.1) is 16.4 Å². The molecule has 0 aliphatic carbocycles. The number of hydrogen-bond acceptors (Lipinski definition) is 7. The summed E-state index contributed by atoms with van der Waals surface area (Å²) in [4.78, 5) is 24.9. The highest BCUT2D eigenvalue weighted by Gasteiger charge is 2.32. The molecular weight excluding hydrogens is 378 g/mol. The van der Waals surface area contributed by atoms with Crippen LogP contribution >= 0.6 is 11.8 Å². The van der Waals surface area contributed by atoms with Crippen molar-refractivity contribution in [3.8, 4) is 0 Å². The van der Waals surface area contributed by atoms with E-state index in [0.717, 1.165) is 11.3 Å². The fourth-order valence-corrected chi connectivity index (χ4v) is 3.61. The van der Waals surface area contributed by atoms with Crippen molar-refractivity contribution in [3.05, 3.63) is 69.8 Å². The average molecular weight is 397 g/mol. The SMILES string of the molecule is CN(C)c1ccc(/C=N\N=C2\NC(=O)[C@@H](Cc3ccccc3[N+](=O)[O-])S2)cc1. The van der Waals surface area contributed by atoms with E-state index in [1.54, 1.807) is 24.4 Å². The topological polar surface area (TPSA) is 100 Å². The lowest BCUT2D eigenvalue weighted by molar-refractivity contribution is -0.385. The number of carbonyl (C=O) groups excluding carboxylic acids is 1. The molecule has 0 aromatic heterocycles. The Balaban J connectivity index is 1.65. The van der Waals surface area contributed by atoms with Gasteiger partial charge in [-0.15, -0.1) is 5.10 Å². The van der Waals surface area contributed by atoms with E-state index in [0.29, 0.717) is 10.7 Å². The van der Waals surface area contributed by atoms with E-state index < -0.39 is 10.2 Å². The number of thioether (sulfide) groups is 1. The second-order valence-electron chi connectivity index (χ2n) is 6.32. The molecule has 0 unspecified atom stereocenters. The lowest BCUT2D eigenvalue weighted by atomic mass is 10.1. The monoisotopic (exact) mass is 397 g/mol. The first-order valence-electron chi connectivity index (χ1n) is 8.52. The number of nitro benzene ring substituents is 1. The maximum Gasteiger partial charge on any atom is 0.272 e. The Kier molecular flexibility index (Phi) is 6.05. The van der Waals surface area contributed by atoms with Gasteiger partial charge in [-0.1, -0.05) is 42.1 Å². The Morgan fingerprint density at radius 1 is 1.21 bits per heavy atom. The summed E-state index contributed by atoms with van der Waals surface area (Å²) in [5, 5.41) is 21.8. The Morgan fingerprint density at radius 3 is 2.61 bits per heavy atom. The van der Waals surface area contributed by atoms with Gasteiger partial charge in [-0.25, -0.2) is 0 Å². The molecule has 0 spiro atoms. The first-order valence-corrected chi connectivity index (χ1v) is 9.40. The van der Waals surface area contributed by atoms with Crippen LogP contribution in [0.2, 0.25) is 0 Å². The molecule has 1 aliphatic heterocycles. The molecule has 1 aliphatic rings. The number of rotatable bonds is 6. The largest absolute Gasteiger partial charge is 0.378 e. The van der Waals surface area contributed by atoms with Crippen LogP contribution in [0.4, 0.5) is 11.4 Å². The highest BCUT2D eigenvalue weighted by atomic mass is 32.2. The van der Waals surface area contributed by atoms with Gasteiger partial charge in [0.25, 0.3) is 5.69 Å². The summed E-state index contributed by atoms with van der Waals surface area (Å²) in [6, 6.07) is 14.2. The molecule has 28 heavy (non-hydrogen) atoms. The third-order valence-corrected chi connectivity index (χ3v) is 5.21. The number of hydrogen-bond donors (Lipinski definition) is 1. The maximum atomic E-state index is 12.2. The highest BCUT2D eigenvalue weighted by Crippen LogP contribution is 2.27. The fraction of sp³-hybridized carbons (Fsp3) is 0.211. The molecule has 1 saturated heterocycles. The zero-order valence-corrected chi connectivity index (χ0v) is 16.2. The Morgan fingerprint density at radius 2 is 1.93 bits per heavy atom. The van der Waals surface area contributed by atoms with Gasteiger partial charge in [-0.3, -0.25) is 14.9 Å². The molecule has 1 fully saturated rings. The van der Waals surface area contributed by atoms with E-state index in [9.17, 15) is 14.9 Å². The number of nitrogens with one attached hydrogen (secondary N) is 1. The summed E-state index contributed by atoms with van der Waals surface area (Å²) in [6.07, 6.45) is 1.86. The summed E-state index contributed by atoms with van der Waals surface area (Å²) in [5.74, 6) is -0.229. The first kappa shape index (κ1) is 19.6. The second kappa shape index (κ2) is 8.66. The van der Waals surface area contributed by atoms with Crippen LogP contribution in [-0.4, -0.2) is 41.6 Å². The van der Waals surface area contributed by atoms with Gasteiger partial charge in [0, 0.05) is 37.8 Å². The van der Waals surface area contributed by atoms with Gasteiger partial charge in [0.2, 0.25) is 5.91 Å². The van der Waals surface area contributed by atoms with E-state index in [1.165, 1.54) is 17.8 Å². The Hall–Kier alpha value is -3.20. The van der Waals surface area contributed by atoms with E-state index >= 15 is 0 Å². The molecule has 8 nitrogen and oxygen atoms in total. The third-order valence-electron chi connectivity index (χ3n) is 4.13. The molecule has 1 amide bonds. The molecule has 1 atom stereocenters. The molecule has 0 bridgehead atoms. The van der Waals surface area contributed by atoms with Crippen molar-refractivity contribution >= 4 is 40.4 Å².